The van der Waals surface area contributed by atoms with Crippen LogP contribution in [0.4, 0.5) is 0 Å². The van der Waals surface area contributed by atoms with Crippen LogP contribution >= 0.6 is 11.6 Å². The molecule has 0 aliphatic carbocycles. The molecule has 0 amide bonds. The zero-order chi connectivity index (χ0) is 20.6. The van der Waals surface area contributed by atoms with Crippen LogP contribution in [0, 0.1) is 5.41 Å². The first-order chi connectivity index (χ1) is 13.9. The third-order valence-electron chi connectivity index (χ3n) is 5.70. The Balaban J connectivity index is 1.95. The molecule has 2 heterocycles. The number of esters is 1. The van der Waals surface area contributed by atoms with E-state index in [4.69, 9.17) is 16.3 Å². The number of hydrogen-bond donors (Lipinski definition) is 0. The van der Waals surface area contributed by atoms with E-state index in [1.165, 1.54) is 35.2 Å². The molecule has 0 radical (unpaired) electrons. The lowest BCUT2D eigenvalue weighted by Gasteiger charge is -2.19. The molecule has 0 saturated carbocycles. The number of aromatic nitrogens is 1. The molecule has 0 atom stereocenters. The minimum atomic E-state index is -0.180. The maximum absolute atomic E-state index is 11.9. The van der Waals surface area contributed by atoms with E-state index in [-0.39, 0.29) is 11.4 Å². The number of halogens is 1. The molecule has 1 aliphatic rings. The number of nitrogens with zero attached hydrogens (tertiary/aromatic N) is 1. The van der Waals surface area contributed by atoms with Gasteiger partial charge in [0.1, 0.15) is 0 Å². The Morgan fingerprint density at radius 3 is 2.34 bits per heavy atom. The molecule has 0 fully saturated rings. The van der Waals surface area contributed by atoms with Crippen molar-refractivity contribution in [3.63, 3.8) is 0 Å². The van der Waals surface area contributed by atoms with Crippen molar-refractivity contribution in [2.24, 2.45) is 5.41 Å². The van der Waals surface area contributed by atoms with Crippen molar-refractivity contribution in [2.75, 3.05) is 7.11 Å². The summed E-state index contributed by atoms with van der Waals surface area (Å²) in [6, 6.07) is 18.6. The Morgan fingerprint density at radius 1 is 1.03 bits per heavy atom. The van der Waals surface area contributed by atoms with Crippen LogP contribution < -0.4 is 0 Å². The minimum Gasteiger partial charge on any atom is -0.469 e. The van der Waals surface area contributed by atoms with Crippen molar-refractivity contribution < 1.29 is 9.53 Å². The highest BCUT2D eigenvalue weighted by molar-refractivity contribution is 6.30. The first-order valence-electron chi connectivity index (χ1n) is 10.0. The molecule has 3 aromatic rings. The molecule has 3 nitrogen and oxygen atoms in total. The number of ether oxygens (including phenoxy) is 1. The fourth-order valence-corrected chi connectivity index (χ4v) is 4.59. The molecule has 2 aromatic carbocycles. The van der Waals surface area contributed by atoms with Crippen LogP contribution in [0.25, 0.3) is 22.3 Å². The monoisotopic (exact) mass is 407 g/mol. The number of benzene rings is 2. The van der Waals surface area contributed by atoms with E-state index in [0.717, 1.165) is 23.6 Å². The van der Waals surface area contributed by atoms with Crippen molar-refractivity contribution in [2.45, 2.75) is 39.7 Å². The number of fused-ring (bicyclic) bond motifs is 1. The molecule has 0 unspecified atom stereocenters. The van der Waals surface area contributed by atoms with Crippen LogP contribution in [0.1, 0.15) is 31.7 Å². The quantitative estimate of drug-likeness (QED) is 0.474. The van der Waals surface area contributed by atoms with Crippen LogP contribution in [-0.2, 0) is 28.9 Å². The summed E-state index contributed by atoms with van der Waals surface area (Å²) >= 11 is 6.16. The number of hydrogen-bond acceptors (Lipinski definition) is 2. The van der Waals surface area contributed by atoms with Gasteiger partial charge in [-0.25, -0.2) is 0 Å². The Labute approximate surface area is 177 Å². The van der Waals surface area contributed by atoms with E-state index >= 15 is 0 Å². The zero-order valence-corrected chi connectivity index (χ0v) is 17.9. The van der Waals surface area contributed by atoms with Gasteiger partial charge in [0.25, 0.3) is 0 Å². The van der Waals surface area contributed by atoms with E-state index in [2.05, 4.69) is 54.8 Å². The van der Waals surface area contributed by atoms with Gasteiger partial charge in [0.05, 0.1) is 13.5 Å². The lowest BCUT2D eigenvalue weighted by atomic mass is 9.86. The summed E-state index contributed by atoms with van der Waals surface area (Å²) in [5.41, 5.74) is 7.58. The summed E-state index contributed by atoms with van der Waals surface area (Å²) < 4.78 is 7.36. The summed E-state index contributed by atoms with van der Waals surface area (Å²) in [6.07, 6.45) is 2.03. The molecule has 29 heavy (non-hydrogen) atoms. The Kier molecular flexibility index (Phi) is 5.26. The molecular weight excluding hydrogens is 382 g/mol. The van der Waals surface area contributed by atoms with Gasteiger partial charge >= 0.3 is 5.97 Å². The second-order valence-corrected chi connectivity index (χ2v) is 8.96. The van der Waals surface area contributed by atoms with Gasteiger partial charge in [0, 0.05) is 34.1 Å². The lowest BCUT2D eigenvalue weighted by molar-refractivity contribution is -0.140. The van der Waals surface area contributed by atoms with Crippen LogP contribution in [0.3, 0.4) is 0 Å². The number of carbonyl (C=O) groups excluding carboxylic acids is 1. The highest BCUT2D eigenvalue weighted by atomic mass is 35.5. The van der Waals surface area contributed by atoms with Gasteiger partial charge in [-0.2, -0.15) is 0 Å². The summed E-state index contributed by atoms with van der Waals surface area (Å²) in [5, 5.41) is 0.721. The summed E-state index contributed by atoms with van der Waals surface area (Å²) in [6.45, 7) is 5.56. The Morgan fingerprint density at radius 2 is 1.69 bits per heavy atom. The first kappa shape index (κ1) is 19.8. The van der Waals surface area contributed by atoms with E-state index in [9.17, 15) is 4.79 Å². The second kappa shape index (κ2) is 7.72. The fourth-order valence-electron chi connectivity index (χ4n) is 4.46. The normalized spacial score (nSPS) is 14.6. The van der Waals surface area contributed by atoms with Crippen LogP contribution in [-0.4, -0.2) is 17.6 Å². The largest absolute Gasteiger partial charge is 0.469 e. The molecule has 0 spiro atoms. The minimum absolute atomic E-state index is 0.180. The fraction of sp³-hybridized carbons (Fsp3) is 0.320. The zero-order valence-electron chi connectivity index (χ0n) is 17.2. The van der Waals surface area contributed by atoms with Gasteiger partial charge in [0.2, 0.25) is 0 Å². The summed E-state index contributed by atoms with van der Waals surface area (Å²) in [4.78, 5) is 11.9. The first-order valence-corrected chi connectivity index (χ1v) is 10.4. The van der Waals surface area contributed by atoms with Gasteiger partial charge in [-0.1, -0.05) is 67.9 Å². The third kappa shape index (κ3) is 3.84. The lowest BCUT2D eigenvalue weighted by Crippen LogP contribution is -2.15. The molecule has 150 valence electrons. The molecule has 0 saturated heterocycles. The standard InChI is InChI=1S/C25H26ClNO2/c1-25(2)15-21-24(17-7-5-4-6-8-17)23(18-9-11-19(26)12-10-18)20(27(21)16-25)13-14-22(28)29-3/h4-12H,13-16H2,1-3H3. The van der Waals surface area contributed by atoms with Crippen LogP contribution in [0.15, 0.2) is 54.6 Å². The van der Waals surface area contributed by atoms with Crippen molar-refractivity contribution in [3.8, 4) is 22.3 Å². The van der Waals surface area contributed by atoms with Gasteiger partial charge in [0.15, 0.2) is 0 Å². The van der Waals surface area contributed by atoms with Crippen molar-refractivity contribution in [1.29, 1.82) is 0 Å². The molecule has 0 bridgehead atoms. The van der Waals surface area contributed by atoms with E-state index in [1.54, 1.807) is 0 Å². The Hall–Kier alpha value is -2.52. The highest BCUT2D eigenvalue weighted by Crippen LogP contribution is 2.47. The van der Waals surface area contributed by atoms with Crippen molar-refractivity contribution in [1.82, 2.24) is 4.57 Å². The molecule has 1 aromatic heterocycles. The van der Waals surface area contributed by atoms with Crippen LogP contribution in [0.5, 0.6) is 0 Å². The van der Waals surface area contributed by atoms with E-state index in [0.29, 0.717) is 12.8 Å². The van der Waals surface area contributed by atoms with E-state index in [1.807, 2.05) is 18.2 Å². The van der Waals surface area contributed by atoms with Crippen molar-refractivity contribution in [3.05, 3.63) is 71.0 Å². The number of rotatable bonds is 5. The highest BCUT2D eigenvalue weighted by Gasteiger charge is 2.35. The molecule has 4 rings (SSSR count). The Bertz CT molecular complexity index is 1030. The van der Waals surface area contributed by atoms with Crippen LogP contribution in [0.2, 0.25) is 5.02 Å². The second-order valence-electron chi connectivity index (χ2n) is 8.52. The van der Waals surface area contributed by atoms with Crippen molar-refractivity contribution >= 4 is 17.6 Å². The van der Waals surface area contributed by atoms with Gasteiger partial charge in [-0.15, -0.1) is 0 Å². The predicted octanol–water partition coefficient (Wildman–Crippen LogP) is 6.16. The van der Waals surface area contributed by atoms with E-state index < -0.39 is 0 Å². The predicted molar refractivity (Wildman–Crippen MR) is 118 cm³/mol. The molecule has 0 N–H and O–H groups in total. The summed E-state index contributed by atoms with van der Waals surface area (Å²) in [7, 11) is 1.45. The third-order valence-corrected chi connectivity index (χ3v) is 5.95. The average Bonchev–Trinajstić information content (AvgIpc) is 3.17. The molecule has 1 aliphatic heterocycles. The SMILES string of the molecule is COC(=O)CCc1c(-c2ccc(Cl)cc2)c(-c2ccccc2)c2n1CC(C)(C)C2. The van der Waals surface area contributed by atoms with Gasteiger partial charge in [-0.05, 0) is 41.5 Å². The summed E-state index contributed by atoms with van der Waals surface area (Å²) in [5.74, 6) is -0.180. The average molecular weight is 408 g/mol. The smallest absolute Gasteiger partial charge is 0.305 e. The molecular formula is C25H26ClNO2. The number of carbonyl (C=O) groups is 1. The van der Waals surface area contributed by atoms with Gasteiger partial charge < -0.3 is 9.30 Å². The maximum atomic E-state index is 11.9. The molecule has 4 heteroatoms. The maximum Gasteiger partial charge on any atom is 0.305 e. The van der Waals surface area contributed by atoms with Gasteiger partial charge in [-0.3, -0.25) is 4.79 Å². The number of methoxy groups -OCH3 is 1. The topological polar surface area (TPSA) is 31.2 Å².